The van der Waals surface area contributed by atoms with Gasteiger partial charge in [-0.3, -0.25) is 4.79 Å². The third-order valence-electron chi connectivity index (χ3n) is 4.08. The van der Waals surface area contributed by atoms with E-state index in [1.54, 1.807) is 0 Å². The molecule has 1 fully saturated rings. The number of hydrogen-bond acceptors (Lipinski definition) is 2. The number of hydrogen-bond donors (Lipinski definition) is 2. The maximum Gasteiger partial charge on any atom is 0.224 e. The first-order valence-corrected chi connectivity index (χ1v) is 7.01. The van der Waals surface area contributed by atoms with Crippen molar-refractivity contribution in [3.63, 3.8) is 0 Å². The van der Waals surface area contributed by atoms with Gasteiger partial charge in [0.15, 0.2) is 0 Å². The van der Waals surface area contributed by atoms with Gasteiger partial charge in [0, 0.05) is 12.1 Å². The number of rotatable bonds is 5. The Balaban J connectivity index is 1.87. The fourth-order valence-corrected chi connectivity index (χ4v) is 2.86. The summed E-state index contributed by atoms with van der Waals surface area (Å²) < 4.78 is 26.9. The lowest BCUT2D eigenvalue weighted by Crippen LogP contribution is -2.34. The maximum atomic E-state index is 13.4. The van der Waals surface area contributed by atoms with Crippen molar-refractivity contribution in [2.45, 2.75) is 25.7 Å². The second kappa shape index (κ2) is 6.79. The van der Waals surface area contributed by atoms with Crippen molar-refractivity contribution < 1.29 is 13.6 Å². The van der Waals surface area contributed by atoms with Gasteiger partial charge in [-0.1, -0.05) is 12.5 Å². The first kappa shape index (κ1) is 14.9. The lowest BCUT2D eigenvalue weighted by Gasteiger charge is -2.18. The van der Waals surface area contributed by atoms with Crippen molar-refractivity contribution in [1.82, 2.24) is 5.32 Å². The highest BCUT2D eigenvalue weighted by Gasteiger charge is 2.26. The van der Waals surface area contributed by atoms with E-state index >= 15 is 0 Å². The first-order valence-electron chi connectivity index (χ1n) is 7.01. The Bertz CT molecular complexity index is 459. The standard InChI is InChI=1S/C15H20F2N2O/c16-13-5-2-6-14(17)12(13)7-15(20)19-9-11-4-1-3-10(11)8-18/h2,5-6,10-11H,1,3-4,7-9,18H2,(H,19,20). The Labute approximate surface area is 117 Å². The molecule has 0 aromatic heterocycles. The van der Waals surface area contributed by atoms with E-state index in [2.05, 4.69) is 5.32 Å². The summed E-state index contributed by atoms with van der Waals surface area (Å²) in [4.78, 5) is 11.8. The SMILES string of the molecule is NCC1CCCC1CNC(=O)Cc1c(F)cccc1F. The Morgan fingerprint density at radius 3 is 2.55 bits per heavy atom. The molecule has 0 saturated heterocycles. The highest BCUT2D eigenvalue weighted by Crippen LogP contribution is 2.30. The largest absolute Gasteiger partial charge is 0.356 e. The van der Waals surface area contributed by atoms with Crippen LogP contribution in [-0.4, -0.2) is 19.0 Å². The van der Waals surface area contributed by atoms with Gasteiger partial charge in [0.25, 0.3) is 0 Å². The summed E-state index contributed by atoms with van der Waals surface area (Å²) in [7, 11) is 0. The molecule has 20 heavy (non-hydrogen) atoms. The predicted molar refractivity (Wildman–Crippen MR) is 73.0 cm³/mol. The van der Waals surface area contributed by atoms with Gasteiger partial charge in [-0.25, -0.2) is 8.78 Å². The number of amides is 1. The molecule has 0 aliphatic heterocycles. The summed E-state index contributed by atoms with van der Waals surface area (Å²) in [6.45, 7) is 1.17. The number of nitrogens with two attached hydrogens (primary N) is 1. The van der Waals surface area contributed by atoms with Crippen LogP contribution in [-0.2, 0) is 11.2 Å². The minimum atomic E-state index is -0.680. The van der Waals surface area contributed by atoms with Crippen LogP contribution in [0.2, 0.25) is 0 Å². The fourth-order valence-electron chi connectivity index (χ4n) is 2.86. The molecule has 3 nitrogen and oxygen atoms in total. The molecule has 1 aliphatic carbocycles. The molecular formula is C15H20F2N2O. The van der Waals surface area contributed by atoms with E-state index in [9.17, 15) is 13.6 Å². The van der Waals surface area contributed by atoms with Gasteiger partial charge in [-0.05, 0) is 43.4 Å². The van der Waals surface area contributed by atoms with Crippen molar-refractivity contribution >= 4 is 5.91 Å². The molecule has 2 atom stereocenters. The quantitative estimate of drug-likeness (QED) is 0.868. The Morgan fingerprint density at radius 2 is 1.90 bits per heavy atom. The van der Waals surface area contributed by atoms with E-state index < -0.39 is 11.6 Å². The Hall–Kier alpha value is -1.49. The van der Waals surface area contributed by atoms with Crippen LogP contribution < -0.4 is 11.1 Å². The molecule has 1 aromatic rings. The summed E-state index contributed by atoms with van der Waals surface area (Å²) in [5, 5.41) is 2.76. The summed E-state index contributed by atoms with van der Waals surface area (Å²) in [6, 6.07) is 3.61. The number of halogens is 2. The zero-order valence-corrected chi connectivity index (χ0v) is 11.4. The average molecular weight is 282 g/mol. The molecule has 0 bridgehead atoms. The minimum absolute atomic E-state index is 0.174. The third-order valence-corrected chi connectivity index (χ3v) is 4.08. The predicted octanol–water partition coefficient (Wildman–Crippen LogP) is 2.00. The fraction of sp³-hybridized carbons (Fsp3) is 0.533. The van der Waals surface area contributed by atoms with Gasteiger partial charge >= 0.3 is 0 Å². The average Bonchev–Trinajstić information content (AvgIpc) is 2.88. The van der Waals surface area contributed by atoms with Crippen LogP contribution >= 0.6 is 0 Å². The summed E-state index contributed by atoms with van der Waals surface area (Å²) in [5.41, 5.74) is 5.51. The number of benzene rings is 1. The molecule has 110 valence electrons. The van der Waals surface area contributed by atoms with Gasteiger partial charge in [-0.2, -0.15) is 0 Å². The van der Waals surface area contributed by atoms with Crippen molar-refractivity contribution in [3.05, 3.63) is 35.4 Å². The number of carbonyl (C=O) groups is 1. The first-order chi connectivity index (χ1) is 9.61. The minimum Gasteiger partial charge on any atom is -0.356 e. The van der Waals surface area contributed by atoms with Gasteiger partial charge < -0.3 is 11.1 Å². The van der Waals surface area contributed by atoms with Crippen LogP contribution in [0.3, 0.4) is 0 Å². The zero-order chi connectivity index (χ0) is 14.5. The number of carbonyl (C=O) groups excluding carboxylic acids is 1. The Morgan fingerprint density at radius 1 is 1.25 bits per heavy atom. The molecule has 0 heterocycles. The maximum absolute atomic E-state index is 13.4. The lowest BCUT2D eigenvalue weighted by molar-refractivity contribution is -0.120. The second-order valence-corrected chi connectivity index (χ2v) is 5.37. The smallest absolute Gasteiger partial charge is 0.224 e. The van der Waals surface area contributed by atoms with Crippen molar-refractivity contribution in [3.8, 4) is 0 Å². The highest BCUT2D eigenvalue weighted by atomic mass is 19.1. The molecule has 1 aromatic carbocycles. The lowest BCUT2D eigenvalue weighted by atomic mass is 9.96. The molecular weight excluding hydrogens is 262 g/mol. The topological polar surface area (TPSA) is 55.1 Å². The Kier molecular flexibility index (Phi) is 5.06. The van der Waals surface area contributed by atoms with Crippen LogP contribution in [0.15, 0.2) is 18.2 Å². The third kappa shape index (κ3) is 3.54. The monoisotopic (exact) mass is 282 g/mol. The van der Waals surface area contributed by atoms with E-state index in [-0.39, 0.29) is 17.9 Å². The second-order valence-electron chi connectivity index (χ2n) is 5.37. The molecule has 1 saturated carbocycles. The van der Waals surface area contributed by atoms with Gasteiger partial charge in [0.05, 0.1) is 6.42 Å². The normalized spacial score (nSPS) is 21.9. The molecule has 2 unspecified atom stereocenters. The van der Waals surface area contributed by atoms with Gasteiger partial charge in [-0.15, -0.1) is 0 Å². The van der Waals surface area contributed by atoms with Crippen molar-refractivity contribution in [2.75, 3.05) is 13.1 Å². The van der Waals surface area contributed by atoms with Crippen LogP contribution in [0.5, 0.6) is 0 Å². The van der Waals surface area contributed by atoms with Gasteiger partial charge in [0.1, 0.15) is 11.6 Å². The van der Waals surface area contributed by atoms with Crippen LogP contribution in [0.4, 0.5) is 8.78 Å². The molecule has 1 amide bonds. The van der Waals surface area contributed by atoms with Crippen molar-refractivity contribution in [1.29, 1.82) is 0 Å². The zero-order valence-electron chi connectivity index (χ0n) is 11.4. The van der Waals surface area contributed by atoms with Gasteiger partial charge in [0.2, 0.25) is 5.91 Å². The molecule has 3 N–H and O–H groups in total. The van der Waals surface area contributed by atoms with Crippen molar-refractivity contribution in [2.24, 2.45) is 17.6 Å². The molecule has 1 aliphatic rings. The summed E-state index contributed by atoms with van der Waals surface area (Å²) in [5.74, 6) is -0.881. The molecule has 2 rings (SSSR count). The van der Waals surface area contributed by atoms with E-state index in [1.165, 1.54) is 6.07 Å². The van der Waals surface area contributed by atoms with Crippen LogP contribution in [0, 0.1) is 23.5 Å². The van der Waals surface area contributed by atoms with E-state index in [0.29, 0.717) is 24.9 Å². The van der Waals surface area contributed by atoms with Crippen LogP contribution in [0.25, 0.3) is 0 Å². The summed E-state index contributed by atoms with van der Waals surface area (Å²) >= 11 is 0. The van der Waals surface area contributed by atoms with E-state index in [1.807, 2.05) is 0 Å². The molecule has 0 spiro atoms. The summed E-state index contributed by atoms with van der Waals surface area (Å²) in [6.07, 6.45) is 3.01. The van der Waals surface area contributed by atoms with E-state index in [4.69, 9.17) is 5.73 Å². The molecule has 5 heteroatoms. The number of nitrogens with one attached hydrogen (secondary N) is 1. The highest BCUT2D eigenvalue weighted by molar-refractivity contribution is 5.78. The van der Waals surface area contributed by atoms with E-state index in [0.717, 1.165) is 31.4 Å². The van der Waals surface area contributed by atoms with Crippen LogP contribution in [0.1, 0.15) is 24.8 Å². The molecule has 0 radical (unpaired) electrons.